The predicted octanol–water partition coefficient (Wildman–Crippen LogP) is 6.16. The van der Waals surface area contributed by atoms with Gasteiger partial charge in [0.2, 0.25) is 5.82 Å². The van der Waals surface area contributed by atoms with Crippen molar-refractivity contribution in [1.82, 2.24) is 15.5 Å². The Bertz CT molecular complexity index is 1450. The molecule has 2 heterocycles. The third-order valence-electron chi connectivity index (χ3n) is 5.53. The molecular weight excluding hydrogens is 480 g/mol. The van der Waals surface area contributed by atoms with E-state index in [4.69, 9.17) is 16.7 Å². The smallest absolute Gasteiger partial charge is 0.258 e. The van der Waals surface area contributed by atoms with Crippen molar-refractivity contribution in [1.29, 1.82) is 0 Å². The Balaban J connectivity index is 1.67. The van der Waals surface area contributed by atoms with Gasteiger partial charge in [-0.3, -0.25) is 4.90 Å². The first-order valence-electron chi connectivity index (χ1n) is 10.4. The summed E-state index contributed by atoms with van der Waals surface area (Å²) in [6.07, 6.45) is 0. The topological polar surface area (TPSA) is 54.2 Å². The number of hydrogen-bond donors (Lipinski definition) is 1. The lowest BCUT2D eigenvalue weighted by Gasteiger charge is -2.37. The molecule has 5 nitrogen and oxygen atoms in total. The van der Waals surface area contributed by atoms with Crippen molar-refractivity contribution in [2.24, 2.45) is 0 Å². The monoisotopic (exact) mass is 496 g/mol. The molecule has 0 spiro atoms. The number of benzene rings is 3. The molecule has 1 aliphatic heterocycles. The summed E-state index contributed by atoms with van der Waals surface area (Å²) in [6, 6.07) is 13.9. The second-order valence-electron chi connectivity index (χ2n) is 7.83. The van der Waals surface area contributed by atoms with Gasteiger partial charge >= 0.3 is 0 Å². The SMILES string of the molecule is CC1=C(c2nc(-c3cccc(F)c3)no2)C(c2ccc(F)cc2)NC(=S)N1c1cc(F)cc(F)c1. The fourth-order valence-electron chi connectivity index (χ4n) is 3.98. The molecule has 0 amide bonds. The van der Waals surface area contributed by atoms with Gasteiger partial charge in [-0.05, 0) is 61.1 Å². The highest BCUT2D eigenvalue weighted by Gasteiger charge is 2.35. The van der Waals surface area contributed by atoms with Crippen molar-refractivity contribution in [3.05, 3.63) is 107 Å². The van der Waals surface area contributed by atoms with Crippen LogP contribution in [0.4, 0.5) is 23.2 Å². The number of nitrogens with one attached hydrogen (secondary N) is 1. The minimum Gasteiger partial charge on any atom is -0.351 e. The summed E-state index contributed by atoms with van der Waals surface area (Å²) in [5.41, 5.74) is 2.10. The first kappa shape index (κ1) is 22.7. The number of hydrogen-bond acceptors (Lipinski definition) is 4. The van der Waals surface area contributed by atoms with Gasteiger partial charge in [0.1, 0.15) is 23.3 Å². The van der Waals surface area contributed by atoms with Gasteiger partial charge in [-0.2, -0.15) is 4.98 Å². The quantitative estimate of drug-likeness (QED) is 0.270. The Morgan fingerprint density at radius 2 is 1.60 bits per heavy atom. The van der Waals surface area contributed by atoms with Crippen LogP contribution in [0.15, 0.2) is 77.0 Å². The van der Waals surface area contributed by atoms with Crippen LogP contribution in [0.5, 0.6) is 0 Å². The maximum atomic E-state index is 14.0. The average molecular weight is 496 g/mol. The van der Waals surface area contributed by atoms with E-state index >= 15 is 0 Å². The summed E-state index contributed by atoms with van der Waals surface area (Å²) >= 11 is 5.53. The van der Waals surface area contributed by atoms with Crippen molar-refractivity contribution in [3.63, 3.8) is 0 Å². The van der Waals surface area contributed by atoms with Crippen molar-refractivity contribution in [3.8, 4) is 11.4 Å². The van der Waals surface area contributed by atoms with E-state index < -0.39 is 29.3 Å². The van der Waals surface area contributed by atoms with E-state index in [1.165, 1.54) is 35.2 Å². The Morgan fingerprint density at radius 3 is 2.29 bits per heavy atom. The highest BCUT2D eigenvalue weighted by molar-refractivity contribution is 7.80. The van der Waals surface area contributed by atoms with Crippen LogP contribution >= 0.6 is 12.2 Å². The lowest BCUT2D eigenvalue weighted by molar-refractivity contribution is 0.404. The summed E-state index contributed by atoms with van der Waals surface area (Å²) < 4.78 is 60.9. The zero-order valence-electron chi connectivity index (χ0n) is 18.1. The third kappa shape index (κ3) is 4.40. The fraction of sp³-hybridized carbons (Fsp3) is 0.0800. The van der Waals surface area contributed by atoms with Crippen LogP contribution in [0.1, 0.15) is 24.4 Å². The van der Waals surface area contributed by atoms with E-state index in [1.807, 2.05) is 0 Å². The molecule has 10 heteroatoms. The molecule has 35 heavy (non-hydrogen) atoms. The van der Waals surface area contributed by atoms with Gasteiger partial charge < -0.3 is 9.84 Å². The maximum absolute atomic E-state index is 14.0. The molecule has 0 saturated heterocycles. The van der Waals surface area contributed by atoms with Gasteiger partial charge in [-0.15, -0.1) is 0 Å². The first-order valence-corrected chi connectivity index (χ1v) is 10.8. The van der Waals surface area contributed by atoms with E-state index in [0.29, 0.717) is 22.4 Å². The number of thiocarbonyl (C=S) groups is 1. The standard InChI is InChI=1S/C25H16F4N4OS/c1-13-21(24-31-23(32-34-24)15-3-2-4-17(27)9-15)22(14-5-7-16(26)8-6-14)30-25(35)33(13)20-11-18(28)10-19(29)12-20/h2-12,22H,1H3,(H,30,35). The Kier molecular flexibility index (Phi) is 5.81. The summed E-state index contributed by atoms with van der Waals surface area (Å²) in [4.78, 5) is 5.89. The second kappa shape index (κ2) is 8.95. The maximum Gasteiger partial charge on any atom is 0.258 e. The fourth-order valence-corrected chi connectivity index (χ4v) is 4.34. The number of allylic oxidation sites excluding steroid dienone is 1. The first-order chi connectivity index (χ1) is 16.8. The molecular formula is C25H16F4N4OS. The number of rotatable bonds is 4. The van der Waals surface area contributed by atoms with E-state index in [0.717, 1.165) is 18.2 Å². The Labute approximate surface area is 202 Å². The van der Waals surface area contributed by atoms with Gasteiger partial charge in [0, 0.05) is 17.3 Å². The van der Waals surface area contributed by atoms with Crippen LogP contribution in [0.25, 0.3) is 17.0 Å². The normalized spacial score (nSPS) is 16.0. The van der Waals surface area contributed by atoms with E-state index in [9.17, 15) is 17.6 Å². The van der Waals surface area contributed by atoms with Gasteiger partial charge in [-0.1, -0.05) is 29.4 Å². The average Bonchev–Trinajstić information content (AvgIpc) is 3.28. The number of aromatic nitrogens is 2. The molecule has 176 valence electrons. The molecule has 5 rings (SSSR count). The van der Waals surface area contributed by atoms with Crippen LogP contribution in [-0.4, -0.2) is 15.3 Å². The second-order valence-corrected chi connectivity index (χ2v) is 8.22. The van der Waals surface area contributed by atoms with Gasteiger partial charge in [-0.25, -0.2) is 17.6 Å². The minimum atomic E-state index is -0.774. The number of nitrogens with zero attached hydrogens (tertiary/aromatic N) is 3. The molecule has 0 aliphatic carbocycles. The summed E-state index contributed by atoms with van der Waals surface area (Å²) in [5, 5.41) is 7.26. The molecule has 1 atom stereocenters. The highest BCUT2D eigenvalue weighted by atomic mass is 32.1. The van der Waals surface area contributed by atoms with E-state index in [2.05, 4.69) is 15.5 Å². The molecule has 0 bridgehead atoms. The molecule has 0 fully saturated rings. The van der Waals surface area contributed by atoms with E-state index in [1.54, 1.807) is 25.1 Å². The molecule has 0 saturated carbocycles. The van der Waals surface area contributed by atoms with Gasteiger partial charge in [0.05, 0.1) is 17.3 Å². The van der Waals surface area contributed by atoms with Crippen LogP contribution in [-0.2, 0) is 0 Å². The Hall–Kier alpha value is -4.05. The van der Waals surface area contributed by atoms with Crippen molar-refractivity contribution in [2.45, 2.75) is 13.0 Å². The van der Waals surface area contributed by atoms with Gasteiger partial charge in [0.25, 0.3) is 5.89 Å². The summed E-state index contributed by atoms with van der Waals surface area (Å²) in [7, 11) is 0. The predicted molar refractivity (Wildman–Crippen MR) is 126 cm³/mol. The lowest BCUT2D eigenvalue weighted by Crippen LogP contribution is -2.46. The van der Waals surface area contributed by atoms with Crippen molar-refractivity contribution < 1.29 is 22.1 Å². The van der Waals surface area contributed by atoms with Gasteiger partial charge in [0.15, 0.2) is 5.11 Å². The highest BCUT2D eigenvalue weighted by Crippen LogP contribution is 2.39. The van der Waals surface area contributed by atoms with Crippen molar-refractivity contribution >= 4 is 28.6 Å². The molecule has 1 unspecified atom stereocenters. The summed E-state index contributed by atoms with van der Waals surface area (Å²) in [6.45, 7) is 1.69. The molecule has 4 aromatic rings. The van der Waals surface area contributed by atoms with Crippen molar-refractivity contribution in [2.75, 3.05) is 4.90 Å². The third-order valence-corrected chi connectivity index (χ3v) is 5.83. The largest absolute Gasteiger partial charge is 0.351 e. The van der Waals surface area contributed by atoms with Crippen LogP contribution in [0.2, 0.25) is 0 Å². The molecule has 0 radical (unpaired) electrons. The zero-order valence-corrected chi connectivity index (χ0v) is 18.9. The molecule has 1 aliphatic rings. The summed E-state index contributed by atoms with van der Waals surface area (Å²) in [5.74, 6) is -2.20. The minimum absolute atomic E-state index is 0.0768. The zero-order chi connectivity index (χ0) is 24.7. The number of halogens is 4. The Morgan fingerprint density at radius 1 is 0.886 bits per heavy atom. The molecule has 3 aromatic carbocycles. The molecule has 1 aromatic heterocycles. The van der Waals surface area contributed by atoms with Crippen LogP contribution in [0, 0.1) is 23.3 Å². The van der Waals surface area contributed by atoms with E-state index in [-0.39, 0.29) is 22.5 Å². The molecule has 1 N–H and O–H groups in total. The number of anilines is 1. The lowest BCUT2D eigenvalue weighted by atomic mass is 9.94. The van der Waals surface area contributed by atoms with Crippen LogP contribution < -0.4 is 10.2 Å². The van der Waals surface area contributed by atoms with Crippen LogP contribution in [0.3, 0.4) is 0 Å².